The van der Waals surface area contributed by atoms with Crippen LogP contribution in [0.2, 0.25) is 0 Å². The topological polar surface area (TPSA) is 62.2 Å². The van der Waals surface area contributed by atoms with E-state index >= 15 is 0 Å². The molecule has 3 heterocycles. The van der Waals surface area contributed by atoms with Crippen molar-refractivity contribution < 1.29 is 4.79 Å². The van der Waals surface area contributed by atoms with Gasteiger partial charge in [-0.05, 0) is 63.7 Å². The molecular formula is C17H30ClN5O. The van der Waals surface area contributed by atoms with Crippen LogP contribution in [-0.4, -0.2) is 59.9 Å². The fourth-order valence-corrected chi connectivity index (χ4v) is 3.68. The second-order valence-electron chi connectivity index (χ2n) is 7.05. The van der Waals surface area contributed by atoms with Gasteiger partial charge in [0.15, 0.2) is 0 Å². The molecule has 0 aromatic carbocycles. The molecule has 2 aliphatic heterocycles. The van der Waals surface area contributed by atoms with Gasteiger partial charge in [-0.25, -0.2) is 0 Å². The third-order valence-electron chi connectivity index (χ3n) is 5.20. The highest BCUT2D eigenvalue weighted by molar-refractivity contribution is 5.93. The maximum absolute atomic E-state index is 12.0. The van der Waals surface area contributed by atoms with Gasteiger partial charge in [-0.15, -0.1) is 12.4 Å². The maximum Gasteiger partial charge on any atom is 0.254 e. The van der Waals surface area contributed by atoms with Crippen molar-refractivity contribution in [3.05, 3.63) is 18.0 Å². The summed E-state index contributed by atoms with van der Waals surface area (Å²) in [6.07, 6.45) is 8.41. The number of carbonyl (C=O) groups is 1. The first-order valence-electron chi connectivity index (χ1n) is 8.90. The summed E-state index contributed by atoms with van der Waals surface area (Å²) in [7, 11) is 1.83. The lowest BCUT2D eigenvalue weighted by Gasteiger charge is -2.35. The van der Waals surface area contributed by atoms with Crippen molar-refractivity contribution in [1.29, 1.82) is 0 Å². The summed E-state index contributed by atoms with van der Waals surface area (Å²) in [5.41, 5.74) is 0.649. The van der Waals surface area contributed by atoms with Gasteiger partial charge in [-0.2, -0.15) is 5.10 Å². The minimum absolute atomic E-state index is 0. The van der Waals surface area contributed by atoms with Gasteiger partial charge in [0.25, 0.3) is 5.91 Å². The van der Waals surface area contributed by atoms with Gasteiger partial charge in [-0.3, -0.25) is 9.48 Å². The van der Waals surface area contributed by atoms with Gasteiger partial charge in [0.1, 0.15) is 0 Å². The number of likely N-dealkylation sites (tertiary alicyclic amines) is 1. The zero-order valence-electron chi connectivity index (χ0n) is 14.5. The Bertz CT molecular complexity index is 507. The van der Waals surface area contributed by atoms with Gasteiger partial charge in [0.05, 0.1) is 11.8 Å². The molecule has 0 bridgehead atoms. The highest BCUT2D eigenvalue weighted by atomic mass is 35.5. The van der Waals surface area contributed by atoms with Crippen molar-refractivity contribution in [2.45, 2.75) is 25.7 Å². The quantitative estimate of drug-likeness (QED) is 0.835. The predicted molar refractivity (Wildman–Crippen MR) is 97.5 cm³/mol. The fraction of sp³-hybridized carbons (Fsp3) is 0.765. The zero-order valence-corrected chi connectivity index (χ0v) is 15.4. The number of carbonyl (C=O) groups excluding carboxylic acids is 1. The number of halogens is 1. The Labute approximate surface area is 150 Å². The molecule has 136 valence electrons. The van der Waals surface area contributed by atoms with Crippen molar-refractivity contribution in [2.24, 2.45) is 18.9 Å². The number of rotatable bonds is 5. The molecule has 2 aliphatic rings. The molecule has 6 nitrogen and oxygen atoms in total. The summed E-state index contributed by atoms with van der Waals surface area (Å²) in [6.45, 7) is 6.77. The van der Waals surface area contributed by atoms with Crippen LogP contribution in [0.3, 0.4) is 0 Å². The van der Waals surface area contributed by atoms with Crippen LogP contribution in [0.5, 0.6) is 0 Å². The van der Waals surface area contributed by atoms with Crippen molar-refractivity contribution in [3.63, 3.8) is 0 Å². The normalized spacial score (nSPS) is 20.5. The molecule has 1 aromatic rings. The van der Waals surface area contributed by atoms with Crippen LogP contribution in [0, 0.1) is 11.8 Å². The molecule has 0 unspecified atom stereocenters. The summed E-state index contributed by atoms with van der Waals surface area (Å²) in [5.74, 6) is 1.48. The second kappa shape index (κ2) is 9.39. The van der Waals surface area contributed by atoms with Crippen molar-refractivity contribution in [3.8, 4) is 0 Å². The van der Waals surface area contributed by atoms with E-state index in [-0.39, 0.29) is 18.3 Å². The van der Waals surface area contributed by atoms with Crippen LogP contribution >= 0.6 is 12.4 Å². The molecule has 3 rings (SSSR count). The number of amides is 1. The Morgan fingerprint density at radius 3 is 2.58 bits per heavy atom. The molecule has 7 heteroatoms. The highest BCUT2D eigenvalue weighted by Crippen LogP contribution is 2.20. The average Bonchev–Trinajstić information content (AvgIpc) is 3.01. The second-order valence-corrected chi connectivity index (χ2v) is 7.05. The minimum Gasteiger partial charge on any atom is -0.352 e. The molecule has 24 heavy (non-hydrogen) atoms. The predicted octanol–water partition coefficient (Wildman–Crippen LogP) is 1.28. The Morgan fingerprint density at radius 2 is 1.96 bits per heavy atom. The molecule has 0 spiro atoms. The van der Waals surface area contributed by atoms with Gasteiger partial charge in [-0.1, -0.05) is 0 Å². The Hall–Kier alpha value is -1.11. The Kier molecular flexibility index (Phi) is 7.52. The van der Waals surface area contributed by atoms with Crippen LogP contribution < -0.4 is 10.6 Å². The van der Waals surface area contributed by atoms with Crippen LogP contribution in [0.1, 0.15) is 36.0 Å². The molecule has 1 aromatic heterocycles. The molecule has 0 radical (unpaired) electrons. The van der Waals surface area contributed by atoms with E-state index in [4.69, 9.17) is 0 Å². The van der Waals surface area contributed by atoms with E-state index in [2.05, 4.69) is 20.6 Å². The lowest BCUT2D eigenvalue weighted by molar-refractivity contribution is 0.0931. The largest absolute Gasteiger partial charge is 0.352 e. The maximum atomic E-state index is 12.0. The first-order valence-corrected chi connectivity index (χ1v) is 8.90. The zero-order chi connectivity index (χ0) is 16.1. The van der Waals surface area contributed by atoms with Gasteiger partial charge in [0.2, 0.25) is 0 Å². The third kappa shape index (κ3) is 5.46. The standard InChI is InChI=1S/C17H29N5O.ClH/c1-21-13-16(11-20-21)17(23)19-10-14-4-8-22(9-5-14)12-15-2-6-18-7-3-15;/h11,13-15,18H,2-10,12H2,1H3,(H,19,23);1H. The molecule has 0 aliphatic carbocycles. The van der Waals surface area contributed by atoms with E-state index in [0.29, 0.717) is 11.5 Å². The molecular weight excluding hydrogens is 326 g/mol. The SMILES string of the molecule is Cl.Cn1cc(C(=O)NCC2CCN(CC3CCNCC3)CC2)cn1. The van der Waals surface area contributed by atoms with Gasteiger partial charge in [0, 0.05) is 26.3 Å². The summed E-state index contributed by atoms with van der Waals surface area (Å²) in [5, 5.41) is 10.5. The number of aromatic nitrogens is 2. The van der Waals surface area contributed by atoms with Crippen molar-refractivity contribution in [2.75, 3.05) is 39.3 Å². The summed E-state index contributed by atoms with van der Waals surface area (Å²) in [4.78, 5) is 14.7. The third-order valence-corrected chi connectivity index (χ3v) is 5.20. The fourth-order valence-electron chi connectivity index (χ4n) is 3.68. The van der Waals surface area contributed by atoms with E-state index in [0.717, 1.165) is 12.5 Å². The minimum atomic E-state index is -0.00441. The summed E-state index contributed by atoms with van der Waals surface area (Å²) >= 11 is 0. The number of hydrogen-bond donors (Lipinski definition) is 2. The number of nitrogens with one attached hydrogen (secondary N) is 2. The molecule has 2 fully saturated rings. The van der Waals surface area contributed by atoms with E-state index in [9.17, 15) is 4.79 Å². The average molecular weight is 356 g/mol. The first kappa shape index (κ1) is 19.2. The summed E-state index contributed by atoms with van der Waals surface area (Å²) < 4.78 is 1.66. The van der Waals surface area contributed by atoms with E-state index in [1.165, 1.54) is 58.4 Å². The lowest BCUT2D eigenvalue weighted by Crippen LogP contribution is -2.42. The molecule has 2 N–H and O–H groups in total. The van der Waals surface area contributed by atoms with Crippen LogP contribution in [0.25, 0.3) is 0 Å². The number of hydrogen-bond acceptors (Lipinski definition) is 4. The van der Waals surface area contributed by atoms with Crippen molar-refractivity contribution >= 4 is 18.3 Å². The highest BCUT2D eigenvalue weighted by Gasteiger charge is 2.23. The van der Waals surface area contributed by atoms with E-state index in [1.807, 2.05) is 7.05 Å². The molecule has 0 saturated carbocycles. The lowest BCUT2D eigenvalue weighted by atomic mass is 9.93. The monoisotopic (exact) mass is 355 g/mol. The van der Waals surface area contributed by atoms with Gasteiger partial charge < -0.3 is 15.5 Å². The van der Waals surface area contributed by atoms with E-state index < -0.39 is 0 Å². The molecule has 0 atom stereocenters. The van der Waals surface area contributed by atoms with Crippen LogP contribution in [-0.2, 0) is 7.05 Å². The Morgan fingerprint density at radius 1 is 1.25 bits per heavy atom. The number of piperidine rings is 2. The molecule has 2 saturated heterocycles. The Balaban J connectivity index is 0.00000208. The number of nitrogens with zero attached hydrogens (tertiary/aromatic N) is 3. The smallest absolute Gasteiger partial charge is 0.254 e. The first-order chi connectivity index (χ1) is 11.2. The molecule has 1 amide bonds. The number of aryl methyl sites for hydroxylation is 1. The van der Waals surface area contributed by atoms with E-state index in [1.54, 1.807) is 17.1 Å². The van der Waals surface area contributed by atoms with Crippen LogP contribution in [0.15, 0.2) is 12.4 Å². The van der Waals surface area contributed by atoms with Crippen LogP contribution in [0.4, 0.5) is 0 Å². The van der Waals surface area contributed by atoms with Crippen molar-refractivity contribution in [1.82, 2.24) is 25.3 Å². The summed E-state index contributed by atoms with van der Waals surface area (Å²) in [6, 6.07) is 0. The van der Waals surface area contributed by atoms with Gasteiger partial charge >= 0.3 is 0 Å².